The van der Waals surface area contributed by atoms with E-state index in [9.17, 15) is 13.2 Å². The SMILES string of the molecule is Cc1ccc(S(=O)(=O)n2cc(C(=O)/C=C/N(C)C)c3ccc(OCc4ccccc4)c(Br)c32)cc1. The molecule has 0 atom stereocenters. The number of ether oxygens (including phenoxy) is 1. The molecule has 180 valence electrons. The fraction of sp³-hybridized carbons (Fsp3) is 0.148. The summed E-state index contributed by atoms with van der Waals surface area (Å²) in [5.74, 6) is 0.175. The Morgan fingerprint density at radius 3 is 2.37 bits per heavy atom. The summed E-state index contributed by atoms with van der Waals surface area (Å²) >= 11 is 3.56. The van der Waals surface area contributed by atoms with E-state index in [-0.39, 0.29) is 16.2 Å². The highest BCUT2D eigenvalue weighted by atomic mass is 79.9. The van der Waals surface area contributed by atoms with Crippen molar-refractivity contribution in [2.75, 3.05) is 14.1 Å². The molecular formula is C27H25BrN2O4S. The highest BCUT2D eigenvalue weighted by Crippen LogP contribution is 2.38. The van der Waals surface area contributed by atoms with E-state index in [0.29, 0.717) is 27.7 Å². The van der Waals surface area contributed by atoms with Crippen LogP contribution in [0, 0.1) is 6.92 Å². The molecule has 0 fully saturated rings. The van der Waals surface area contributed by atoms with Gasteiger partial charge in [-0.3, -0.25) is 4.79 Å². The molecule has 0 amide bonds. The van der Waals surface area contributed by atoms with Gasteiger partial charge in [0.15, 0.2) is 5.78 Å². The smallest absolute Gasteiger partial charge is 0.268 e. The number of carbonyl (C=O) groups is 1. The first-order valence-electron chi connectivity index (χ1n) is 10.9. The number of carbonyl (C=O) groups excluding carboxylic acids is 1. The number of hydrogen-bond donors (Lipinski definition) is 0. The van der Waals surface area contributed by atoms with E-state index in [2.05, 4.69) is 15.9 Å². The number of fused-ring (bicyclic) bond motifs is 1. The standard InChI is InChI=1S/C27H25BrN2O4S/c1-19-9-11-21(12-10-19)35(32,33)30-17-23(24(31)15-16-29(2)3)22-13-14-25(26(28)27(22)30)34-18-20-7-5-4-6-8-20/h4-17H,18H2,1-3H3/b16-15+. The maximum atomic E-state index is 13.7. The molecule has 8 heteroatoms. The van der Waals surface area contributed by atoms with Crippen LogP contribution < -0.4 is 4.74 Å². The zero-order valence-electron chi connectivity index (χ0n) is 19.6. The molecule has 0 aliphatic rings. The minimum absolute atomic E-state index is 0.130. The number of rotatable bonds is 8. The molecule has 4 rings (SSSR count). The molecular weight excluding hydrogens is 528 g/mol. The van der Waals surface area contributed by atoms with Crippen LogP contribution >= 0.6 is 15.9 Å². The maximum Gasteiger partial charge on any atom is 0.268 e. The number of ketones is 1. The van der Waals surface area contributed by atoms with Gasteiger partial charge in [0.05, 0.1) is 14.9 Å². The topological polar surface area (TPSA) is 68.6 Å². The highest BCUT2D eigenvalue weighted by molar-refractivity contribution is 9.10. The fourth-order valence-corrected chi connectivity index (χ4v) is 5.74. The van der Waals surface area contributed by atoms with Crippen LogP contribution in [0.15, 0.2) is 94.6 Å². The van der Waals surface area contributed by atoms with Crippen molar-refractivity contribution in [1.82, 2.24) is 8.87 Å². The molecule has 0 spiro atoms. The lowest BCUT2D eigenvalue weighted by atomic mass is 10.1. The Hall–Kier alpha value is -3.36. The molecule has 4 aromatic rings. The van der Waals surface area contributed by atoms with Crippen molar-refractivity contribution in [3.63, 3.8) is 0 Å². The van der Waals surface area contributed by atoms with Crippen molar-refractivity contribution in [3.8, 4) is 5.75 Å². The van der Waals surface area contributed by atoms with E-state index in [0.717, 1.165) is 15.1 Å². The summed E-state index contributed by atoms with van der Waals surface area (Å²) in [6.07, 6.45) is 4.44. The quantitative estimate of drug-likeness (QED) is 0.204. The summed E-state index contributed by atoms with van der Waals surface area (Å²) in [5, 5.41) is 0.507. The van der Waals surface area contributed by atoms with E-state index in [1.54, 1.807) is 47.5 Å². The first-order chi connectivity index (χ1) is 16.7. The molecule has 0 bridgehead atoms. The van der Waals surface area contributed by atoms with E-state index >= 15 is 0 Å². The summed E-state index contributed by atoms with van der Waals surface area (Å²) in [5.41, 5.74) is 2.55. The molecule has 0 saturated heterocycles. The number of aromatic nitrogens is 1. The number of hydrogen-bond acceptors (Lipinski definition) is 5. The number of allylic oxidation sites excluding steroid dienone is 1. The molecule has 0 radical (unpaired) electrons. The lowest BCUT2D eigenvalue weighted by Crippen LogP contribution is -2.12. The number of halogens is 1. The molecule has 0 aliphatic carbocycles. The van der Waals surface area contributed by atoms with Gasteiger partial charge in [0.2, 0.25) is 0 Å². The molecule has 3 aromatic carbocycles. The monoisotopic (exact) mass is 552 g/mol. The zero-order chi connectivity index (χ0) is 25.2. The predicted molar refractivity (Wildman–Crippen MR) is 141 cm³/mol. The minimum atomic E-state index is -3.99. The Kier molecular flexibility index (Phi) is 7.14. The molecule has 1 aromatic heterocycles. The van der Waals surface area contributed by atoms with Gasteiger partial charge in [-0.1, -0.05) is 48.0 Å². The molecule has 1 heterocycles. The highest BCUT2D eigenvalue weighted by Gasteiger charge is 2.26. The van der Waals surface area contributed by atoms with Crippen LogP contribution in [-0.2, 0) is 16.6 Å². The molecule has 6 nitrogen and oxygen atoms in total. The van der Waals surface area contributed by atoms with E-state index in [4.69, 9.17) is 4.74 Å². The van der Waals surface area contributed by atoms with Crippen LogP contribution in [0.25, 0.3) is 10.9 Å². The predicted octanol–water partition coefficient (Wildman–Crippen LogP) is 5.79. The third-order valence-corrected chi connectivity index (χ3v) is 7.88. The average Bonchev–Trinajstić information content (AvgIpc) is 3.24. The average molecular weight is 553 g/mol. The molecule has 0 aliphatic heterocycles. The van der Waals surface area contributed by atoms with Gasteiger partial charge in [-0.15, -0.1) is 0 Å². The van der Waals surface area contributed by atoms with Gasteiger partial charge in [-0.05, 0) is 52.7 Å². The minimum Gasteiger partial charge on any atom is -0.488 e. The van der Waals surface area contributed by atoms with Crippen molar-refractivity contribution >= 4 is 42.6 Å². The first kappa shape index (κ1) is 24.8. The fourth-order valence-electron chi connectivity index (χ4n) is 3.59. The number of benzene rings is 3. The number of nitrogens with zero attached hydrogens (tertiary/aromatic N) is 2. The molecule has 35 heavy (non-hydrogen) atoms. The van der Waals surface area contributed by atoms with Gasteiger partial charge in [0.1, 0.15) is 12.4 Å². The van der Waals surface area contributed by atoms with E-state index in [1.165, 1.54) is 12.3 Å². The Morgan fingerprint density at radius 1 is 1.03 bits per heavy atom. The Balaban J connectivity index is 1.87. The zero-order valence-corrected chi connectivity index (χ0v) is 22.0. The van der Waals surface area contributed by atoms with E-state index < -0.39 is 10.0 Å². The lowest BCUT2D eigenvalue weighted by Gasteiger charge is -2.12. The van der Waals surface area contributed by atoms with Crippen molar-refractivity contribution < 1.29 is 17.9 Å². The van der Waals surface area contributed by atoms with Gasteiger partial charge in [0.25, 0.3) is 10.0 Å². The van der Waals surface area contributed by atoms with Crippen molar-refractivity contribution in [3.05, 3.63) is 106 Å². The van der Waals surface area contributed by atoms with Crippen LogP contribution in [0.5, 0.6) is 5.75 Å². The normalized spacial score (nSPS) is 11.8. The second kappa shape index (κ2) is 10.1. The van der Waals surface area contributed by atoms with Gasteiger partial charge in [-0.2, -0.15) is 0 Å². The second-order valence-corrected chi connectivity index (χ2v) is 11.0. The molecule has 0 saturated carbocycles. The van der Waals surface area contributed by atoms with Gasteiger partial charge < -0.3 is 9.64 Å². The Labute approximate surface area is 213 Å². The third-order valence-electron chi connectivity index (χ3n) is 5.44. The summed E-state index contributed by atoms with van der Waals surface area (Å²) in [6.45, 7) is 2.20. The van der Waals surface area contributed by atoms with Crippen molar-refractivity contribution in [2.24, 2.45) is 0 Å². The first-order valence-corrected chi connectivity index (χ1v) is 13.1. The summed E-state index contributed by atoms with van der Waals surface area (Å²) in [4.78, 5) is 14.9. The maximum absolute atomic E-state index is 13.7. The molecule has 0 unspecified atom stereocenters. The van der Waals surface area contributed by atoms with Crippen LogP contribution in [0.3, 0.4) is 0 Å². The van der Waals surface area contributed by atoms with Gasteiger partial charge >= 0.3 is 0 Å². The third kappa shape index (κ3) is 5.18. The Morgan fingerprint density at radius 2 is 1.71 bits per heavy atom. The van der Waals surface area contributed by atoms with Gasteiger partial charge in [0, 0.05) is 43.5 Å². The summed E-state index contributed by atoms with van der Waals surface area (Å²) in [6, 6.07) is 19.8. The van der Waals surface area contributed by atoms with E-state index in [1.807, 2.05) is 51.4 Å². The molecule has 0 N–H and O–H groups in total. The van der Waals surface area contributed by atoms with Crippen LogP contribution in [0.1, 0.15) is 21.5 Å². The summed E-state index contributed by atoms with van der Waals surface area (Å²) in [7, 11) is -0.373. The number of aryl methyl sites for hydroxylation is 1. The van der Waals surface area contributed by atoms with Crippen LogP contribution in [-0.4, -0.2) is 37.2 Å². The van der Waals surface area contributed by atoms with Gasteiger partial charge in [-0.25, -0.2) is 12.4 Å². The largest absolute Gasteiger partial charge is 0.488 e. The van der Waals surface area contributed by atoms with Crippen LogP contribution in [0.2, 0.25) is 0 Å². The second-order valence-electron chi connectivity index (χ2n) is 8.35. The summed E-state index contributed by atoms with van der Waals surface area (Å²) < 4.78 is 35.0. The van der Waals surface area contributed by atoms with Crippen LogP contribution in [0.4, 0.5) is 0 Å². The van der Waals surface area contributed by atoms with Crippen molar-refractivity contribution in [2.45, 2.75) is 18.4 Å². The lowest BCUT2D eigenvalue weighted by molar-refractivity contribution is 0.104. The Bertz CT molecular complexity index is 1510. The van der Waals surface area contributed by atoms with Crippen molar-refractivity contribution in [1.29, 1.82) is 0 Å².